The Labute approximate surface area is 205 Å². The predicted molar refractivity (Wildman–Crippen MR) is 140 cm³/mol. The molecule has 7 heteroatoms. The predicted octanol–water partition coefficient (Wildman–Crippen LogP) is 4.22. The minimum atomic E-state index is -0.382. The monoisotopic (exact) mass is 473 g/mol. The van der Waals surface area contributed by atoms with Crippen molar-refractivity contribution in [2.75, 3.05) is 25.6 Å². The summed E-state index contributed by atoms with van der Waals surface area (Å²) in [7, 11) is 3.29. The van der Waals surface area contributed by atoms with Gasteiger partial charge in [0.25, 0.3) is 5.91 Å². The van der Waals surface area contributed by atoms with Crippen molar-refractivity contribution in [3.8, 4) is 5.75 Å². The third-order valence-corrected chi connectivity index (χ3v) is 5.52. The van der Waals surface area contributed by atoms with Crippen LogP contribution in [0.25, 0.3) is 6.08 Å². The number of hydrogen-bond acceptors (Lipinski definition) is 4. The van der Waals surface area contributed by atoms with E-state index in [1.54, 1.807) is 43.3 Å². The molecule has 0 atom stereocenters. The van der Waals surface area contributed by atoms with Crippen molar-refractivity contribution < 1.29 is 14.3 Å². The lowest BCUT2D eigenvalue weighted by atomic mass is 10.1. The van der Waals surface area contributed by atoms with Gasteiger partial charge in [0.1, 0.15) is 5.75 Å². The first-order valence-electron chi connectivity index (χ1n) is 10.8. The fraction of sp³-hybridized carbons (Fsp3) is 0.148. The van der Waals surface area contributed by atoms with Crippen molar-refractivity contribution in [1.82, 2.24) is 10.6 Å². The van der Waals surface area contributed by atoms with E-state index >= 15 is 0 Å². The van der Waals surface area contributed by atoms with Gasteiger partial charge in [-0.25, -0.2) is 0 Å². The van der Waals surface area contributed by atoms with Gasteiger partial charge in [-0.15, -0.1) is 0 Å². The van der Waals surface area contributed by atoms with E-state index in [-0.39, 0.29) is 16.9 Å². The lowest BCUT2D eigenvalue weighted by Gasteiger charge is -2.22. The van der Waals surface area contributed by atoms with E-state index in [0.29, 0.717) is 23.5 Å². The third kappa shape index (κ3) is 6.76. The minimum Gasteiger partial charge on any atom is -0.496 e. The third-order valence-electron chi connectivity index (χ3n) is 5.14. The molecule has 0 heterocycles. The molecule has 0 aliphatic carbocycles. The van der Waals surface area contributed by atoms with Crippen LogP contribution in [-0.2, 0) is 11.2 Å². The van der Waals surface area contributed by atoms with Gasteiger partial charge in [0.05, 0.1) is 18.4 Å². The van der Waals surface area contributed by atoms with E-state index in [0.717, 1.165) is 17.5 Å². The molecule has 0 spiro atoms. The van der Waals surface area contributed by atoms with Gasteiger partial charge in [-0.3, -0.25) is 14.9 Å². The van der Waals surface area contributed by atoms with E-state index in [2.05, 4.69) is 10.6 Å². The number of carbonyl (C=O) groups excluding carboxylic acids is 2. The summed E-state index contributed by atoms with van der Waals surface area (Å²) >= 11 is 5.42. The van der Waals surface area contributed by atoms with Gasteiger partial charge in [0, 0.05) is 25.2 Å². The maximum atomic E-state index is 12.8. The van der Waals surface area contributed by atoms with Crippen molar-refractivity contribution in [2.24, 2.45) is 0 Å². The van der Waals surface area contributed by atoms with Crippen LogP contribution in [0.3, 0.4) is 0 Å². The van der Waals surface area contributed by atoms with Crippen molar-refractivity contribution in [3.63, 3.8) is 0 Å². The number of anilines is 1. The fourth-order valence-corrected chi connectivity index (χ4v) is 3.53. The molecule has 2 N–H and O–H groups in total. The molecule has 0 aromatic heterocycles. The number of ether oxygens (including phenoxy) is 1. The Balaban J connectivity index is 1.62. The highest BCUT2D eigenvalue weighted by Gasteiger charge is 2.17. The maximum Gasteiger partial charge on any atom is 0.253 e. The summed E-state index contributed by atoms with van der Waals surface area (Å²) in [5.74, 6) is 0.0783. The van der Waals surface area contributed by atoms with Crippen LogP contribution in [0.15, 0.2) is 84.9 Å². The molecule has 0 radical (unpaired) electrons. The number of carbonyl (C=O) groups is 2. The van der Waals surface area contributed by atoms with Gasteiger partial charge >= 0.3 is 0 Å². The second-order valence-corrected chi connectivity index (χ2v) is 7.82. The number of nitrogens with one attached hydrogen (secondary N) is 2. The van der Waals surface area contributed by atoms with Crippen LogP contribution in [-0.4, -0.2) is 37.6 Å². The Morgan fingerprint density at radius 1 is 0.971 bits per heavy atom. The number of thiocarbonyl (C=S) groups is 1. The Morgan fingerprint density at radius 2 is 1.65 bits per heavy atom. The van der Waals surface area contributed by atoms with Gasteiger partial charge in [0.2, 0.25) is 5.91 Å². The van der Waals surface area contributed by atoms with Crippen LogP contribution in [0.2, 0.25) is 0 Å². The van der Waals surface area contributed by atoms with Crippen LogP contribution in [0.1, 0.15) is 21.5 Å². The number of benzene rings is 3. The topological polar surface area (TPSA) is 70.7 Å². The number of methoxy groups -OCH3 is 1. The first-order chi connectivity index (χ1) is 16.5. The molecule has 174 valence electrons. The zero-order chi connectivity index (χ0) is 24.3. The second kappa shape index (κ2) is 12.3. The number of para-hydroxylation sites is 2. The van der Waals surface area contributed by atoms with Gasteiger partial charge < -0.3 is 15.0 Å². The molecule has 2 amide bonds. The molecule has 0 saturated heterocycles. The first kappa shape index (κ1) is 24.7. The Kier molecular flexibility index (Phi) is 8.94. The van der Waals surface area contributed by atoms with Crippen molar-refractivity contribution in [1.29, 1.82) is 0 Å². The molecule has 6 nitrogen and oxygen atoms in total. The smallest absolute Gasteiger partial charge is 0.253 e. The lowest BCUT2D eigenvalue weighted by Crippen LogP contribution is -2.41. The minimum absolute atomic E-state index is 0.180. The zero-order valence-corrected chi connectivity index (χ0v) is 20.0. The van der Waals surface area contributed by atoms with E-state index < -0.39 is 0 Å². The standard InChI is InChI=1S/C27H27N3O3S/c1-30(27(34)29-25(31)17-16-21-12-6-9-15-24(21)33-2)23-14-8-7-13-22(23)26(32)28-19-18-20-10-4-3-5-11-20/h3-17H,18-19H2,1-2H3,(H,28,32)(H,29,31,34)/b17-16+. The van der Waals surface area contributed by atoms with Crippen LogP contribution in [0, 0.1) is 0 Å². The van der Waals surface area contributed by atoms with Crippen LogP contribution in [0.4, 0.5) is 5.69 Å². The van der Waals surface area contributed by atoms with E-state index in [4.69, 9.17) is 17.0 Å². The maximum absolute atomic E-state index is 12.8. The second-order valence-electron chi connectivity index (χ2n) is 7.44. The van der Waals surface area contributed by atoms with Gasteiger partial charge in [-0.05, 0) is 48.5 Å². The summed E-state index contributed by atoms with van der Waals surface area (Å²) < 4.78 is 5.29. The Bertz CT molecular complexity index is 1180. The molecule has 0 unspecified atom stereocenters. The highest BCUT2D eigenvalue weighted by molar-refractivity contribution is 7.80. The SMILES string of the molecule is COc1ccccc1/C=C/C(=O)NC(=S)N(C)c1ccccc1C(=O)NCCc1ccccc1. The first-order valence-corrected chi connectivity index (χ1v) is 11.2. The Morgan fingerprint density at radius 3 is 2.41 bits per heavy atom. The molecule has 0 aliphatic heterocycles. The average Bonchev–Trinajstić information content (AvgIpc) is 2.87. The molecule has 3 aromatic rings. The molecule has 0 fully saturated rings. The molecule has 34 heavy (non-hydrogen) atoms. The highest BCUT2D eigenvalue weighted by atomic mass is 32.1. The molecular weight excluding hydrogens is 446 g/mol. The summed E-state index contributed by atoms with van der Waals surface area (Å²) in [4.78, 5) is 26.9. The van der Waals surface area contributed by atoms with Crippen molar-refractivity contribution in [2.45, 2.75) is 6.42 Å². The highest BCUT2D eigenvalue weighted by Crippen LogP contribution is 2.20. The number of hydrogen-bond donors (Lipinski definition) is 2. The van der Waals surface area contributed by atoms with Crippen molar-refractivity contribution >= 4 is 40.9 Å². The quantitative estimate of drug-likeness (QED) is 0.379. The van der Waals surface area contributed by atoms with Crippen molar-refractivity contribution in [3.05, 3.63) is 102 Å². The number of amides is 2. The normalized spacial score (nSPS) is 10.5. The molecule has 3 rings (SSSR count). The summed E-state index contributed by atoms with van der Waals surface area (Å²) in [6, 6.07) is 24.5. The summed E-state index contributed by atoms with van der Waals surface area (Å²) in [6.07, 6.45) is 3.78. The molecule has 0 aliphatic rings. The van der Waals surface area contributed by atoms with Crippen LogP contribution >= 0.6 is 12.2 Å². The summed E-state index contributed by atoms with van der Waals surface area (Å²) in [5.41, 5.74) is 2.99. The van der Waals surface area contributed by atoms with Gasteiger partial charge in [-0.1, -0.05) is 60.7 Å². The largest absolute Gasteiger partial charge is 0.496 e. The van der Waals surface area contributed by atoms with E-state index in [9.17, 15) is 9.59 Å². The summed E-state index contributed by atoms with van der Waals surface area (Å²) in [5, 5.41) is 5.81. The van der Waals surface area contributed by atoms with E-state index in [1.807, 2.05) is 60.7 Å². The average molecular weight is 474 g/mol. The van der Waals surface area contributed by atoms with Crippen LogP contribution in [0.5, 0.6) is 5.75 Å². The molecule has 3 aromatic carbocycles. The van der Waals surface area contributed by atoms with Gasteiger partial charge in [0.15, 0.2) is 5.11 Å². The Hall–Kier alpha value is -3.97. The zero-order valence-electron chi connectivity index (χ0n) is 19.2. The van der Waals surface area contributed by atoms with E-state index in [1.165, 1.54) is 6.08 Å². The van der Waals surface area contributed by atoms with Crippen LogP contribution < -0.4 is 20.3 Å². The van der Waals surface area contributed by atoms with Gasteiger partial charge in [-0.2, -0.15) is 0 Å². The lowest BCUT2D eigenvalue weighted by molar-refractivity contribution is -0.115. The number of nitrogens with zero attached hydrogens (tertiary/aromatic N) is 1. The fourth-order valence-electron chi connectivity index (χ4n) is 3.33. The summed E-state index contributed by atoms with van der Waals surface area (Å²) in [6.45, 7) is 0.510. The number of rotatable bonds is 8. The molecular formula is C27H27N3O3S. The molecule has 0 bridgehead atoms. The molecule has 0 saturated carbocycles.